The van der Waals surface area contributed by atoms with Crippen LogP contribution in [0.25, 0.3) is 5.69 Å². The molecule has 0 atom stereocenters. The molecule has 0 saturated heterocycles. The van der Waals surface area contributed by atoms with Gasteiger partial charge in [0.15, 0.2) is 0 Å². The van der Waals surface area contributed by atoms with Gasteiger partial charge < -0.3 is 5.32 Å². The van der Waals surface area contributed by atoms with Crippen molar-refractivity contribution in [3.8, 4) is 5.69 Å². The van der Waals surface area contributed by atoms with Gasteiger partial charge in [-0.05, 0) is 49.1 Å². The maximum atomic E-state index is 11.7. The number of hydrogen-bond donors (Lipinski definition) is 1. The Labute approximate surface area is 149 Å². The fraction of sp³-hybridized carbons (Fsp3) is 0.500. The molecule has 1 aromatic heterocycles. The van der Waals surface area contributed by atoms with Crippen LogP contribution < -0.4 is 5.32 Å². The third-order valence-electron chi connectivity index (χ3n) is 5.64. The SMILES string of the molecule is CNC(=O)c1ccc(-n2cc3c(n2)CCN(C2CCCC2)CC3)cc1. The molecule has 132 valence electrons. The maximum absolute atomic E-state index is 11.7. The minimum Gasteiger partial charge on any atom is -0.355 e. The molecule has 0 radical (unpaired) electrons. The van der Waals surface area contributed by atoms with Gasteiger partial charge in [-0.1, -0.05) is 12.8 Å². The molecule has 1 aliphatic heterocycles. The van der Waals surface area contributed by atoms with Crippen LogP contribution in [0, 0.1) is 0 Å². The highest BCUT2D eigenvalue weighted by atomic mass is 16.1. The summed E-state index contributed by atoms with van der Waals surface area (Å²) in [5.41, 5.74) is 4.28. The molecule has 0 bridgehead atoms. The summed E-state index contributed by atoms with van der Waals surface area (Å²) in [4.78, 5) is 14.3. The van der Waals surface area contributed by atoms with Crippen molar-refractivity contribution in [2.45, 2.75) is 44.6 Å². The Morgan fingerprint density at radius 3 is 2.56 bits per heavy atom. The average Bonchev–Trinajstić information content (AvgIpc) is 3.28. The number of nitrogens with zero attached hydrogens (tertiary/aromatic N) is 3. The Hall–Kier alpha value is -2.14. The molecule has 2 aromatic rings. The van der Waals surface area contributed by atoms with E-state index in [2.05, 4.69) is 16.4 Å². The van der Waals surface area contributed by atoms with E-state index < -0.39 is 0 Å². The molecule has 0 spiro atoms. The van der Waals surface area contributed by atoms with Gasteiger partial charge in [0.2, 0.25) is 0 Å². The van der Waals surface area contributed by atoms with Gasteiger partial charge in [-0.2, -0.15) is 5.10 Å². The molecular weight excluding hydrogens is 312 g/mol. The standard InChI is InChI=1S/C20H26N4O/c1-21-20(25)15-6-8-18(9-7-15)24-14-16-10-12-23(13-11-19(16)22-24)17-4-2-3-5-17/h6-9,14,17H,2-5,10-13H2,1H3,(H,21,25). The zero-order valence-corrected chi connectivity index (χ0v) is 14.9. The minimum absolute atomic E-state index is 0.0604. The first-order valence-corrected chi connectivity index (χ1v) is 9.38. The number of nitrogens with one attached hydrogen (secondary N) is 1. The second-order valence-electron chi connectivity index (χ2n) is 7.15. The topological polar surface area (TPSA) is 50.2 Å². The Balaban J connectivity index is 1.48. The van der Waals surface area contributed by atoms with E-state index >= 15 is 0 Å². The van der Waals surface area contributed by atoms with E-state index in [0.29, 0.717) is 5.56 Å². The second kappa shape index (κ2) is 7.00. The first-order valence-electron chi connectivity index (χ1n) is 9.38. The largest absolute Gasteiger partial charge is 0.355 e. The summed E-state index contributed by atoms with van der Waals surface area (Å²) in [6.45, 7) is 2.28. The molecular formula is C20H26N4O. The van der Waals surface area contributed by atoms with Gasteiger partial charge in [0.05, 0.1) is 11.4 Å². The third-order valence-corrected chi connectivity index (χ3v) is 5.64. The van der Waals surface area contributed by atoms with E-state index in [1.807, 2.05) is 28.9 Å². The van der Waals surface area contributed by atoms with Crippen LogP contribution in [0.5, 0.6) is 0 Å². The van der Waals surface area contributed by atoms with E-state index in [0.717, 1.165) is 37.7 Å². The van der Waals surface area contributed by atoms with Crippen molar-refractivity contribution in [3.05, 3.63) is 47.3 Å². The van der Waals surface area contributed by atoms with Gasteiger partial charge in [-0.3, -0.25) is 9.69 Å². The lowest BCUT2D eigenvalue weighted by molar-refractivity contribution is 0.0963. The van der Waals surface area contributed by atoms with Crippen LogP contribution in [-0.2, 0) is 12.8 Å². The summed E-state index contributed by atoms with van der Waals surface area (Å²) < 4.78 is 1.96. The quantitative estimate of drug-likeness (QED) is 0.936. The molecule has 1 N–H and O–H groups in total. The van der Waals surface area contributed by atoms with Gasteiger partial charge >= 0.3 is 0 Å². The van der Waals surface area contributed by atoms with Crippen molar-refractivity contribution in [1.82, 2.24) is 20.0 Å². The van der Waals surface area contributed by atoms with Gasteiger partial charge in [0, 0.05) is 44.4 Å². The minimum atomic E-state index is -0.0604. The van der Waals surface area contributed by atoms with Gasteiger partial charge in [0.25, 0.3) is 5.91 Å². The van der Waals surface area contributed by atoms with E-state index in [9.17, 15) is 4.79 Å². The van der Waals surface area contributed by atoms with Crippen molar-refractivity contribution in [1.29, 1.82) is 0 Å². The first kappa shape index (κ1) is 16.3. The first-order chi connectivity index (χ1) is 12.2. The third kappa shape index (κ3) is 3.33. The van der Waals surface area contributed by atoms with Crippen molar-refractivity contribution in [2.24, 2.45) is 0 Å². The summed E-state index contributed by atoms with van der Waals surface area (Å²) in [5, 5.41) is 7.47. The van der Waals surface area contributed by atoms with E-state index in [1.54, 1.807) is 7.05 Å². The number of amides is 1. The van der Waals surface area contributed by atoms with Gasteiger partial charge in [0.1, 0.15) is 0 Å². The van der Waals surface area contributed by atoms with E-state index in [4.69, 9.17) is 5.10 Å². The number of carbonyl (C=O) groups excluding carboxylic acids is 1. The monoisotopic (exact) mass is 338 g/mol. The van der Waals surface area contributed by atoms with Crippen molar-refractivity contribution < 1.29 is 4.79 Å². The fourth-order valence-corrected chi connectivity index (χ4v) is 4.17. The molecule has 2 aliphatic rings. The molecule has 0 unspecified atom stereocenters. The second-order valence-corrected chi connectivity index (χ2v) is 7.15. The number of hydrogen-bond acceptors (Lipinski definition) is 3. The lowest BCUT2D eigenvalue weighted by atomic mass is 10.1. The number of rotatable bonds is 3. The normalized spacial score (nSPS) is 18.8. The van der Waals surface area contributed by atoms with Crippen LogP contribution in [0.2, 0.25) is 0 Å². The van der Waals surface area contributed by atoms with Crippen LogP contribution in [0.15, 0.2) is 30.5 Å². The molecule has 25 heavy (non-hydrogen) atoms. The highest BCUT2D eigenvalue weighted by Gasteiger charge is 2.25. The molecule has 1 fully saturated rings. The highest BCUT2D eigenvalue weighted by Crippen LogP contribution is 2.26. The van der Waals surface area contributed by atoms with Crippen molar-refractivity contribution in [3.63, 3.8) is 0 Å². The molecule has 5 nitrogen and oxygen atoms in total. The van der Waals surface area contributed by atoms with Crippen molar-refractivity contribution >= 4 is 5.91 Å². The van der Waals surface area contributed by atoms with Crippen LogP contribution in [0.4, 0.5) is 0 Å². The summed E-state index contributed by atoms with van der Waals surface area (Å²) in [6, 6.07) is 8.42. The average molecular weight is 338 g/mol. The zero-order valence-electron chi connectivity index (χ0n) is 14.9. The van der Waals surface area contributed by atoms with E-state index in [1.165, 1.54) is 36.9 Å². The zero-order chi connectivity index (χ0) is 17.2. The van der Waals surface area contributed by atoms with Crippen LogP contribution in [0.3, 0.4) is 0 Å². The number of benzene rings is 1. The summed E-state index contributed by atoms with van der Waals surface area (Å²) in [5.74, 6) is -0.0604. The van der Waals surface area contributed by atoms with Crippen LogP contribution >= 0.6 is 0 Å². The summed E-state index contributed by atoms with van der Waals surface area (Å²) in [6.07, 6.45) is 9.82. The molecule has 1 saturated carbocycles. The highest BCUT2D eigenvalue weighted by molar-refractivity contribution is 5.94. The molecule has 5 heteroatoms. The van der Waals surface area contributed by atoms with Crippen molar-refractivity contribution in [2.75, 3.05) is 20.1 Å². The molecule has 1 aromatic carbocycles. The summed E-state index contributed by atoms with van der Waals surface area (Å²) >= 11 is 0. The Morgan fingerprint density at radius 1 is 1.12 bits per heavy atom. The fourth-order valence-electron chi connectivity index (χ4n) is 4.17. The predicted molar refractivity (Wildman–Crippen MR) is 98.2 cm³/mol. The molecule has 2 heterocycles. The number of fused-ring (bicyclic) bond motifs is 1. The van der Waals surface area contributed by atoms with Gasteiger partial charge in [-0.15, -0.1) is 0 Å². The Morgan fingerprint density at radius 2 is 1.84 bits per heavy atom. The van der Waals surface area contributed by atoms with E-state index in [-0.39, 0.29) is 5.91 Å². The lowest BCUT2D eigenvalue weighted by Crippen LogP contribution is -2.35. The number of aromatic nitrogens is 2. The van der Waals surface area contributed by atoms with Gasteiger partial charge in [-0.25, -0.2) is 4.68 Å². The molecule has 4 rings (SSSR count). The van der Waals surface area contributed by atoms with Crippen LogP contribution in [0.1, 0.15) is 47.3 Å². The Kier molecular flexibility index (Phi) is 4.57. The van der Waals surface area contributed by atoms with Crippen LogP contribution in [-0.4, -0.2) is 46.8 Å². The Bertz CT molecular complexity index is 718. The smallest absolute Gasteiger partial charge is 0.251 e. The number of carbonyl (C=O) groups is 1. The lowest BCUT2D eigenvalue weighted by Gasteiger charge is -2.26. The predicted octanol–water partition coefficient (Wildman–Crippen LogP) is 2.58. The molecule has 1 aliphatic carbocycles. The maximum Gasteiger partial charge on any atom is 0.251 e. The molecule has 1 amide bonds. The summed E-state index contributed by atoms with van der Waals surface area (Å²) in [7, 11) is 1.65.